The molecule has 3 heteroatoms. The molecule has 0 N–H and O–H groups in total. The van der Waals surface area contributed by atoms with Gasteiger partial charge < -0.3 is 4.74 Å². The molecule has 0 atom stereocenters. The van der Waals surface area contributed by atoms with Gasteiger partial charge in [0.2, 0.25) is 0 Å². The van der Waals surface area contributed by atoms with E-state index < -0.39 is 0 Å². The Kier molecular flexibility index (Phi) is 2.85. The first-order valence-electron chi connectivity index (χ1n) is 6.07. The van der Waals surface area contributed by atoms with E-state index in [9.17, 15) is 0 Å². The summed E-state index contributed by atoms with van der Waals surface area (Å²) in [5.41, 5.74) is 3.63. The number of benzene rings is 1. The molecular weight excluding hydrogens is 230 g/mol. The van der Waals surface area contributed by atoms with E-state index in [1.165, 1.54) is 16.1 Å². The lowest BCUT2D eigenvalue weighted by Crippen LogP contribution is -2.08. The average molecular weight is 245 g/mol. The van der Waals surface area contributed by atoms with Crippen LogP contribution in [0.3, 0.4) is 0 Å². The summed E-state index contributed by atoms with van der Waals surface area (Å²) in [6.07, 6.45) is 3.25. The molecule has 2 heterocycles. The van der Waals surface area contributed by atoms with E-state index in [0.29, 0.717) is 0 Å². The van der Waals surface area contributed by atoms with Gasteiger partial charge in [0.05, 0.1) is 17.3 Å². The third-order valence-corrected chi connectivity index (χ3v) is 4.05. The fraction of sp³-hybridized carbons (Fsp3) is 0.357. The highest BCUT2D eigenvalue weighted by molar-refractivity contribution is 7.09. The molecule has 2 aromatic rings. The Hall–Kier alpha value is -1.35. The summed E-state index contributed by atoms with van der Waals surface area (Å²) in [7, 11) is 0. The molecule has 0 bridgehead atoms. The average Bonchev–Trinajstić information content (AvgIpc) is 2.87. The van der Waals surface area contributed by atoms with Gasteiger partial charge in [-0.05, 0) is 43.0 Å². The second-order valence-corrected chi connectivity index (χ2v) is 5.20. The van der Waals surface area contributed by atoms with Crippen LogP contribution < -0.4 is 4.74 Å². The number of thiazole rings is 1. The fourth-order valence-electron chi connectivity index (χ4n) is 2.13. The predicted molar refractivity (Wildman–Crippen MR) is 70.7 cm³/mol. The molecule has 0 saturated carbocycles. The van der Waals surface area contributed by atoms with E-state index in [4.69, 9.17) is 4.74 Å². The minimum atomic E-state index is 0.850. The van der Waals surface area contributed by atoms with Crippen LogP contribution in [0.25, 0.3) is 11.3 Å². The lowest BCUT2D eigenvalue weighted by Gasteiger charge is -2.17. The van der Waals surface area contributed by atoms with Crippen molar-refractivity contribution in [1.29, 1.82) is 0 Å². The summed E-state index contributed by atoms with van der Waals surface area (Å²) in [5.74, 6) is 1.05. The van der Waals surface area contributed by atoms with Crippen LogP contribution in [0.1, 0.15) is 23.9 Å². The van der Waals surface area contributed by atoms with Gasteiger partial charge in [-0.3, -0.25) is 0 Å². The Labute approximate surface area is 105 Å². The Balaban J connectivity index is 1.97. The zero-order chi connectivity index (χ0) is 11.7. The number of aromatic nitrogens is 1. The van der Waals surface area contributed by atoms with Gasteiger partial charge in [-0.25, -0.2) is 4.98 Å². The van der Waals surface area contributed by atoms with Crippen LogP contribution in [0.4, 0.5) is 0 Å². The van der Waals surface area contributed by atoms with E-state index in [2.05, 4.69) is 35.5 Å². The van der Waals surface area contributed by atoms with Crippen molar-refractivity contribution in [3.05, 3.63) is 34.2 Å². The monoisotopic (exact) mass is 245 g/mol. The largest absolute Gasteiger partial charge is 0.493 e. The molecule has 0 spiro atoms. The van der Waals surface area contributed by atoms with Crippen LogP contribution in [0, 0.1) is 0 Å². The molecular formula is C14H15NOS. The topological polar surface area (TPSA) is 22.1 Å². The Morgan fingerprint density at radius 1 is 1.41 bits per heavy atom. The zero-order valence-electron chi connectivity index (χ0n) is 9.90. The van der Waals surface area contributed by atoms with Crippen molar-refractivity contribution in [2.75, 3.05) is 6.61 Å². The first-order valence-corrected chi connectivity index (χ1v) is 6.95. The van der Waals surface area contributed by atoms with E-state index >= 15 is 0 Å². The molecule has 0 saturated heterocycles. The van der Waals surface area contributed by atoms with Gasteiger partial charge in [0.25, 0.3) is 0 Å². The Morgan fingerprint density at radius 3 is 3.18 bits per heavy atom. The normalized spacial score (nSPS) is 14.2. The molecule has 0 unspecified atom stereocenters. The van der Waals surface area contributed by atoms with Crippen LogP contribution >= 0.6 is 11.3 Å². The summed E-state index contributed by atoms with van der Waals surface area (Å²) >= 11 is 1.74. The number of nitrogens with zero attached hydrogens (tertiary/aromatic N) is 1. The SMILES string of the molecule is CCc1nc(-c2ccc3c(c2)CCCO3)cs1. The van der Waals surface area contributed by atoms with Crippen molar-refractivity contribution in [2.24, 2.45) is 0 Å². The second-order valence-electron chi connectivity index (χ2n) is 4.25. The number of rotatable bonds is 2. The molecule has 88 valence electrons. The zero-order valence-corrected chi connectivity index (χ0v) is 10.7. The van der Waals surface area contributed by atoms with Crippen molar-refractivity contribution in [3.8, 4) is 17.0 Å². The van der Waals surface area contributed by atoms with Crippen LogP contribution in [0.5, 0.6) is 5.75 Å². The third kappa shape index (κ3) is 2.07. The molecule has 2 nitrogen and oxygen atoms in total. The van der Waals surface area contributed by atoms with Crippen LogP contribution in [-0.4, -0.2) is 11.6 Å². The summed E-state index contributed by atoms with van der Waals surface area (Å²) in [6, 6.07) is 6.41. The smallest absolute Gasteiger partial charge is 0.122 e. The highest BCUT2D eigenvalue weighted by Gasteiger charge is 2.12. The molecule has 1 aliphatic rings. The summed E-state index contributed by atoms with van der Waals surface area (Å²) in [4.78, 5) is 4.63. The fourth-order valence-corrected chi connectivity index (χ4v) is 2.88. The van der Waals surface area contributed by atoms with Crippen molar-refractivity contribution in [2.45, 2.75) is 26.2 Å². The van der Waals surface area contributed by atoms with Gasteiger partial charge in [0.15, 0.2) is 0 Å². The number of hydrogen-bond acceptors (Lipinski definition) is 3. The van der Waals surface area contributed by atoms with E-state index in [0.717, 1.165) is 37.3 Å². The molecule has 17 heavy (non-hydrogen) atoms. The number of hydrogen-bond donors (Lipinski definition) is 0. The van der Waals surface area contributed by atoms with Gasteiger partial charge in [-0.1, -0.05) is 6.92 Å². The summed E-state index contributed by atoms with van der Waals surface area (Å²) in [5, 5.41) is 3.35. The van der Waals surface area contributed by atoms with Crippen molar-refractivity contribution >= 4 is 11.3 Å². The van der Waals surface area contributed by atoms with E-state index in [-0.39, 0.29) is 0 Å². The number of aryl methyl sites for hydroxylation is 2. The number of ether oxygens (including phenoxy) is 1. The predicted octanol–water partition coefficient (Wildman–Crippen LogP) is 3.70. The third-order valence-electron chi connectivity index (χ3n) is 3.06. The second kappa shape index (κ2) is 4.49. The molecule has 0 radical (unpaired) electrons. The van der Waals surface area contributed by atoms with Gasteiger partial charge in [0, 0.05) is 10.9 Å². The van der Waals surface area contributed by atoms with Crippen LogP contribution in [0.2, 0.25) is 0 Å². The quantitative estimate of drug-likeness (QED) is 0.805. The van der Waals surface area contributed by atoms with Crippen molar-refractivity contribution < 1.29 is 4.74 Å². The maximum Gasteiger partial charge on any atom is 0.122 e. The first-order chi connectivity index (χ1) is 8.36. The molecule has 3 rings (SSSR count). The first kappa shape index (κ1) is 10.8. The minimum Gasteiger partial charge on any atom is -0.493 e. The molecule has 1 aliphatic heterocycles. The molecule has 0 aliphatic carbocycles. The summed E-state index contributed by atoms with van der Waals surface area (Å²) < 4.78 is 5.62. The lowest BCUT2D eigenvalue weighted by atomic mass is 10.0. The van der Waals surface area contributed by atoms with E-state index in [1.807, 2.05) is 0 Å². The number of fused-ring (bicyclic) bond motifs is 1. The van der Waals surface area contributed by atoms with Crippen molar-refractivity contribution in [1.82, 2.24) is 4.98 Å². The maximum absolute atomic E-state index is 5.62. The highest BCUT2D eigenvalue weighted by Crippen LogP contribution is 2.30. The molecule has 0 fully saturated rings. The molecule has 1 aromatic carbocycles. The Morgan fingerprint density at radius 2 is 2.35 bits per heavy atom. The Bertz CT molecular complexity index is 533. The van der Waals surface area contributed by atoms with Crippen molar-refractivity contribution in [3.63, 3.8) is 0 Å². The van der Waals surface area contributed by atoms with E-state index in [1.54, 1.807) is 11.3 Å². The van der Waals surface area contributed by atoms with Gasteiger partial charge in [-0.2, -0.15) is 0 Å². The molecule has 1 aromatic heterocycles. The van der Waals surface area contributed by atoms with Gasteiger partial charge in [0.1, 0.15) is 5.75 Å². The van der Waals surface area contributed by atoms with Gasteiger partial charge in [-0.15, -0.1) is 11.3 Å². The minimum absolute atomic E-state index is 0.850. The van der Waals surface area contributed by atoms with Gasteiger partial charge >= 0.3 is 0 Å². The highest BCUT2D eigenvalue weighted by atomic mass is 32.1. The van der Waals surface area contributed by atoms with Crippen LogP contribution in [-0.2, 0) is 12.8 Å². The summed E-state index contributed by atoms with van der Waals surface area (Å²) in [6.45, 7) is 2.99. The maximum atomic E-state index is 5.62. The standard InChI is InChI=1S/C14H15NOS/c1-2-14-15-12(9-17-14)10-5-6-13-11(8-10)4-3-7-16-13/h5-6,8-9H,2-4,7H2,1H3. The lowest BCUT2D eigenvalue weighted by molar-refractivity contribution is 0.288. The van der Waals surface area contributed by atoms with Crippen LogP contribution in [0.15, 0.2) is 23.6 Å². The molecule has 0 amide bonds.